The van der Waals surface area contributed by atoms with E-state index in [1.807, 2.05) is 5.48 Å². The minimum atomic E-state index is -0.497. The third kappa shape index (κ3) is 1.51. The lowest BCUT2D eigenvalue weighted by Crippen LogP contribution is -2.24. The van der Waals surface area contributed by atoms with E-state index in [1.165, 1.54) is 0 Å². The Labute approximate surface area is 58.1 Å². The molecule has 56 valence electrons. The van der Waals surface area contributed by atoms with Crippen LogP contribution in [0, 0.1) is 4.91 Å². The highest BCUT2D eigenvalue weighted by Crippen LogP contribution is 2.12. The molecule has 1 aliphatic rings. The zero-order valence-electron chi connectivity index (χ0n) is 5.45. The van der Waals surface area contributed by atoms with Crippen LogP contribution in [0.2, 0.25) is 0 Å². The van der Waals surface area contributed by atoms with Crippen molar-refractivity contribution >= 4 is 5.84 Å². The summed E-state index contributed by atoms with van der Waals surface area (Å²) in [5.74, 6) is 0.454. The van der Waals surface area contributed by atoms with E-state index in [2.05, 4.69) is 10.2 Å². The Hall–Kier alpha value is -0.970. The smallest absolute Gasteiger partial charge is 0.183 e. The molecule has 1 rings (SSSR count). The third-order valence-electron chi connectivity index (χ3n) is 1.43. The van der Waals surface area contributed by atoms with E-state index in [-0.39, 0.29) is 0 Å². The van der Waals surface area contributed by atoms with Gasteiger partial charge in [-0.1, -0.05) is 0 Å². The molecule has 0 amide bonds. The lowest BCUT2D eigenvalue weighted by molar-refractivity contribution is 0.228. The van der Waals surface area contributed by atoms with Crippen molar-refractivity contribution in [1.82, 2.24) is 5.48 Å². The molecule has 5 heteroatoms. The summed E-state index contributed by atoms with van der Waals surface area (Å²) >= 11 is 0. The first kappa shape index (κ1) is 7.14. The molecule has 1 aliphatic heterocycles. The molecule has 0 radical (unpaired) electrons. The fraction of sp³-hybridized carbons (Fsp3) is 0.800. The molecule has 1 unspecified atom stereocenters. The maximum absolute atomic E-state index is 9.95. The Morgan fingerprint density at radius 1 is 1.80 bits per heavy atom. The van der Waals surface area contributed by atoms with Crippen LogP contribution < -0.4 is 5.48 Å². The fourth-order valence-corrected chi connectivity index (χ4v) is 0.922. The molecule has 0 aromatic carbocycles. The van der Waals surface area contributed by atoms with Crippen LogP contribution in [0.3, 0.4) is 0 Å². The molecule has 1 heterocycles. The van der Waals surface area contributed by atoms with E-state index < -0.39 is 6.17 Å². The average molecular weight is 143 g/mol. The lowest BCUT2D eigenvalue weighted by atomic mass is 10.1. The molecular weight excluding hydrogens is 134 g/mol. The van der Waals surface area contributed by atoms with Crippen molar-refractivity contribution in [2.45, 2.75) is 25.4 Å². The van der Waals surface area contributed by atoms with Crippen molar-refractivity contribution in [3.05, 3.63) is 4.91 Å². The zero-order chi connectivity index (χ0) is 7.40. The maximum Gasteiger partial charge on any atom is 0.183 e. The maximum atomic E-state index is 9.95. The van der Waals surface area contributed by atoms with Crippen molar-refractivity contribution in [2.24, 2.45) is 10.2 Å². The number of hydrogen-bond acceptors (Lipinski definition) is 5. The molecule has 0 saturated heterocycles. The van der Waals surface area contributed by atoms with E-state index in [0.29, 0.717) is 18.7 Å². The normalized spacial score (nSPS) is 25.3. The summed E-state index contributed by atoms with van der Waals surface area (Å²) in [5.41, 5.74) is 1.92. The average Bonchev–Trinajstić information content (AvgIpc) is 2.05. The highest BCUT2D eigenvalue weighted by atomic mass is 16.5. The number of nitroso groups, excluding NO2 is 1. The van der Waals surface area contributed by atoms with Gasteiger partial charge in [0.15, 0.2) is 6.17 Å². The predicted molar refractivity (Wildman–Crippen MR) is 35.8 cm³/mol. The molecule has 1 atom stereocenters. The molecule has 0 aromatic heterocycles. The third-order valence-corrected chi connectivity index (χ3v) is 1.43. The van der Waals surface area contributed by atoms with Crippen LogP contribution in [-0.2, 0) is 0 Å². The number of hydrogen-bond donors (Lipinski definition) is 2. The van der Waals surface area contributed by atoms with E-state index in [9.17, 15) is 4.91 Å². The van der Waals surface area contributed by atoms with Crippen LogP contribution in [0.25, 0.3) is 0 Å². The van der Waals surface area contributed by atoms with Crippen molar-refractivity contribution in [1.29, 1.82) is 0 Å². The first-order valence-electron chi connectivity index (χ1n) is 3.16. The second kappa shape index (κ2) is 3.26. The zero-order valence-corrected chi connectivity index (χ0v) is 5.45. The molecular formula is C5H9N3O2. The van der Waals surface area contributed by atoms with Crippen molar-refractivity contribution in [3.8, 4) is 0 Å². The molecule has 10 heavy (non-hydrogen) atoms. The van der Waals surface area contributed by atoms with Crippen LogP contribution in [0.4, 0.5) is 0 Å². The molecule has 0 bridgehead atoms. The van der Waals surface area contributed by atoms with Crippen LogP contribution in [0.5, 0.6) is 0 Å². The van der Waals surface area contributed by atoms with E-state index in [4.69, 9.17) is 5.21 Å². The Balaban J connectivity index is 2.56. The fourth-order valence-electron chi connectivity index (χ4n) is 0.922. The molecule has 0 aromatic rings. The number of amidine groups is 1. The first-order chi connectivity index (χ1) is 4.86. The molecule has 0 spiro atoms. The Morgan fingerprint density at radius 3 is 3.20 bits per heavy atom. The summed E-state index contributed by atoms with van der Waals surface area (Å²) in [7, 11) is 0. The van der Waals surface area contributed by atoms with Gasteiger partial charge in [-0.2, -0.15) is 0 Å². The topological polar surface area (TPSA) is 74.0 Å². The number of hydroxylamine groups is 1. The SMILES string of the molecule is O=NC1CCCC(NO)=N1. The number of aliphatic imine (C=N–C) groups is 1. The van der Waals surface area contributed by atoms with Gasteiger partial charge in [-0.15, -0.1) is 4.91 Å². The molecule has 0 fully saturated rings. The van der Waals surface area contributed by atoms with Gasteiger partial charge in [0.25, 0.3) is 0 Å². The second-order valence-electron chi connectivity index (χ2n) is 2.17. The highest BCUT2D eigenvalue weighted by molar-refractivity contribution is 5.81. The van der Waals surface area contributed by atoms with Gasteiger partial charge < -0.3 is 0 Å². The summed E-state index contributed by atoms with van der Waals surface area (Å²) < 4.78 is 0. The quantitative estimate of drug-likeness (QED) is 0.418. The van der Waals surface area contributed by atoms with Crippen LogP contribution in [0.15, 0.2) is 10.2 Å². The summed E-state index contributed by atoms with van der Waals surface area (Å²) in [6.07, 6.45) is 1.74. The van der Waals surface area contributed by atoms with Crippen LogP contribution >= 0.6 is 0 Å². The van der Waals surface area contributed by atoms with Crippen molar-refractivity contribution < 1.29 is 5.21 Å². The van der Waals surface area contributed by atoms with E-state index in [0.717, 1.165) is 6.42 Å². The van der Waals surface area contributed by atoms with Gasteiger partial charge in [-0.3, -0.25) is 10.7 Å². The van der Waals surface area contributed by atoms with E-state index in [1.54, 1.807) is 0 Å². The molecule has 5 nitrogen and oxygen atoms in total. The van der Waals surface area contributed by atoms with Gasteiger partial charge in [-0.25, -0.2) is 4.99 Å². The van der Waals surface area contributed by atoms with Gasteiger partial charge in [-0.05, 0) is 18.0 Å². The summed E-state index contributed by atoms with van der Waals surface area (Å²) in [6.45, 7) is 0. The summed E-state index contributed by atoms with van der Waals surface area (Å²) in [4.78, 5) is 13.8. The molecule has 0 aliphatic carbocycles. The number of rotatable bonds is 1. The standard InChI is InChI=1S/C5H9N3O2/c9-7-4-2-1-3-5(6-4)8-10/h4,10H,1-3H2,(H,6,8). The van der Waals surface area contributed by atoms with Gasteiger partial charge in [0.05, 0.1) is 0 Å². The molecule has 2 N–H and O–H groups in total. The molecule has 0 saturated carbocycles. The minimum Gasteiger partial charge on any atom is -0.290 e. The monoisotopic (exact) mass is 143 g/mol. The summed E-state index contributed by atoms with van der Waals surface area (Å²) in [6, 6.07) is 0. The van der Waals surface area contributed by atoms with Crippen LogP contribution in [0.1, 0.15) is 19.3 Å². The predicted octanol–water partition coefficient (Wildman–Crippen LogP) is 0.640. The number of nitrogens with zero attached hydrogens (tertiary/aromatic N) is 2. The number of nitrogens with one attached hydrogen (secondary N) is 1. The van der Waals surface area contributed by atoms with Gasteiger partial charge in [0.1, 0.15) is 5.84 Å². The second-order valence-corrected chi connectivity index (χ2v) is 2.17. The van der Waals surface area contributed by atoms with Crippen LogP contribution in [-0.4, -0.2) is 17.2 Å². The van der Waals surface area contributed by atoms with Crippen molar-refractivity contribution in [2.75, 3.05) is 0 Å². The Kier molecular flexibility index (Phi) is 2.33. The Bertz CT molecular complexity index is 157. The first-order valence-corrected chi connectivity index (χ1v) is 3.16. The van der Waals surface area contributed by atoms with Gasteiger partial charge >= 0.3 is 0 Å². The van der Waals surface area contributed by atoms with Crippen molar-refractivity contribution in [3.63, 3.8) is 0 Å². The van der Waals surface area contributed by atoms with Gasteiger partial charge in [0, 0.05) is 6.42 Å². The van der Waals surface area contributed by atoms with E-state index >= 15 is 0 Å². The summed E-state index contributed by atoms with van der Waals surface area (Å²) in [5, 5.41) is 11.1. The van der Waals surface area contributed by atoms with Gasteiger partial charge in [0.2, 0.25) is 0 Å². The largest absolute Gasteiger partial charge is 0.290 e. The minimum absolute atomic E-state index is 0.454. The Morgan fingerprint density at radius 2 is 2.60 bits per heavy atom. The highest BCUT2D eigenvalue weighted by Gasteiger charge is 2.13. The lowest BCUT2D eigenvalue weighted by Gasteiger charge is -2.13.